The van der Waals surface area contributed by atoms with E-state index in [-0.39, 0.29) is 6.42 Å². The van der Waals surface area contributed by atoms with Gasteiger partial charge in [-0.3, -0.25) is 9.59 Å². The Hall–Kier alpha value is -3.21. The summed E-state index contributed by atoms with van der Waals surface area (Å²) < 4.78 is 16.1. The van der Waals surface area contributed by atoms with E-state index >= 15 is 0 Å². The zero-order chi connectivity index (χ0) is 28.8. The summed E-state index contributed by atoms with van der Waals surface area (Å²) in [5.41, 5.74) is -4.59. The maximum absolute atomic E-state index is 13.8. The van der Waals surface area contributed by atoms with Crippen LogP contribution in [0.2, 0.25) is 0 Å². The Morgan fingerprint density at radius 3 is 2.41 bits per heavy atom. The number of ketones is 1. The van der Waals surface area contributed by atoms with Crippen molar-refractivity contribution in [3.8, 4) is 5.75 Å². The third kappa shape index (κ3) is 4.97. The molecule has 1 aromatic rings. The molecule has 1 saturated heterocycles. The van der Waals surface area contributed by atoms with Crippen LogP contribution >= 0.6 is 0 Å². The summed E-state index contributed by atoms with van der Waals surface area (Å²) in [6.07, 6.45) is 2.84. The number of cyclic esters (lactones) is 1. The zero-order valence-electron chi connectivity index (χ0n) is 22.8. The Morgan fingerprint density at radius 1 is 1.10 bits per heavy atom. The number of amides is 1. The van der Waals surface area contributed by atoms with Gasteiger partial charge in [0.2, 0.25) is 5.60 Å². The van der Waals surface area contributed by atoms with Crippen molar-refractivity contribution in [3.63, 3.8) is 0 Å². The number of benzene rings is 1. The number of rotatable bonds is 3. The molecule has 0 bridgehead atoms. The summed E-state index contributed by atoms with van der Waals surface area (Å²) in [6, 6.07) is 6.77. The van der Waals surface area contributed by atoms with E-state index < -0.39 is 70.5 Å². The second-order valence-corrected chi connectivity index (χ2v) is 11.3. The summed E-state index contributed by atoms with van der Waals surface area (Å²) in [6.45, 7) is 6.13. The van der Waals surface area contributed by atoms with Crippen molar-refractivity contribution in [2.75, 3.05) is 7.11 Å². The van der Waals surface area contributed by atoms with Crippen LogP contribution in [0.5, 0.6) is 5.75 Å². The third-order valence-corrected chi connectivity index (χ3v) is 8.70. The Bertz CT molecular complexity index is 1170. The van der Waals surface area contributed by atoms with Gasteiger partial charge in [-0.2, -0.15) is 0 Å². The molecule has 10 nitrogen and oxygen atoms in total. The number of nitrogens with one attached hydrogen (secondary N) is 1. The molecule has 2 fully saturated rings. The SMILES string of the molecule is COc1ccc(C[C@@H]2NC(=O)[C@@]34OC(=O)O/C=C\[C@@](C)(O)C(=O)[C@@H](C)C/C=C\[C@H]3[C@H](O)[C@](C)(O)[C@@H](C)[C@@H]24)cc1. The van der Waals surface area contributed by atoms with Gasteiger partial charge >= 0.3 is 6.16 Å². The van der Waals surface area contributed by atoms with E-state index in [1.54, 1.807) is 39.2 Å². The highest BCUT2D eigenvalue weighted by atomic mass is 16.7. The molecule has 1 saturated carbocycles. The van der Waals surface area contributed by atoms with Crippen LogP contribution in [0.3, 0.4) is 0 Å². The smallest absolute Gasteiger partial charge is 0.497 e. The van der Waals surface area contributed by atoms with Crippen molar-refractivity contribution in [1.82, 2.24) is 5.32 Å². The lowest BCUT2D eigenvalue weighted by molar-refractivity contribution is -0.222. The zero-order valence-corrected chi connectivity index (χ0v) is 22.8. The Kier molecular flexibility index (Phi) is 7.68. The molecule has 2 heterocycles. The lowest BCUT2D eigenvalue weighted by Crippen LogP contribution is -2.69. The maximum Gasteiger partial charge on any atom is 0.514 e. The van der Waals surface area contributed by atoms with Crippen LogP contribution in [0.25, 0.3) is 0 Å². The molecule has 2 aliphatic heterocycles. The molecule has 4 rings (SSSR count). The average molecular weight is 544 g/mol. The predicted octanol–water partition coefficient (Wildman–Crippen LogP) is 2.05. The van der Waals surface area contributed by atoms with Crippen molar-refractivity contribution in [3.05, 3.63) is 54.3 Å². The minimum absolute atomic E-state index is 0.177. The van der Waals surface area contributed by atoms with Crippen LogP contribution in [0.15, 0.2) is 48.8 Å². The van der Waals surface area contributed by atoms with Crippen LogP contribution in [-0.4, -0.2) is 69.2 Å². The quantitative estimate of drug-likeness (QED) is 0.332. The number of carbonyl (C=O) groups excluding carboxylic acids is 3. The number of hydrogen-bond donors (Lipinski definition) is 4. The van der Waals surface area contributed by atoms with E-state index in [1.165, 1.54) is 19.9 Å². The topological polar surface area (TPSA) is 152 Å². The fraction of sp³-hybridized carbons (Fsp3) is 0.552. The maximum atomic E-state index is 13.8. The largest absolute Gasteiger partial charge is 0.514 e. The average Bonchev–Trinajstić information content (AvgIpc) is 3.15. The van der Waals surface area contributed by atoms with E-state index in [2.05, 4.69) is 5.32 Å². The van der Waals surface area contributed by atoms with Crippen LogP contribution in [0.4, 0.5) is 4.79 Å². The number of carbonyl (C=O) groups is 3. The van der Waals surface area contributed by atoms with Gasteiger partial charge in [-0.15, -0.1) is 0 Å². The highest BCUT2D eigenvalue weighted by Gasteiger charge is 2.72. The molecular formula is C29H37NO9. The standard InChI is InChI=1S/C29H37NO9/c1-16-7-6-8-20-24(32)28(4,36)17(2)22-21(15-18-9-11-19(37-5)12-10-18)30-25(33)29(20,22)39-26(34)38-14-13-27(3,35)23(16)31/h6,8-14,16-17,20-22,24,32,35-36H,7,15H2,1-5H3,(H,30,33)/b8-6-,14-13-/t16-,17-,20-,21-,22-,24-,27+,28+,29+/m0/s1. The molecule has 3 aliphatic rings. The summed E-state index contributed by atoms with van der Waals surface area (Å²) in [5.74, 6) is -3.69. The van der Waals surface area contributed by atoms with E-state index in [0.717, 1.165) is 17.9 Å². The van der Waals surface area contributed by atoms with Gasteiger partial charge in [-0.05, 0) is 56.4 Å². The van der Waals surface area contributed by atoms with Crippen molar-refractivity contribution in [2.45, 2.75) is 69.5 Å². The van der Waals surface area contributed by atoms with Crippen molar-refractivity contribution in [1.29, 1.82) is 0 Å². The number of allylic oxidation sites excluding steroid dienone is 1. The molecule has 0 unspecified atom stereocenters. The van der Waals surface area contributed by atoms with Gasteiger partial charge in [-0.25, -0.2) is 4.79 Å². The molecule has 1 amide bonds. The fourth-order valence-electron chi connectivity index (χ4n) is 6.27. The minimum Gasteiger partial charge on any atom is -0.497 e. The van der Waals surface area contributed by atoms with Gasteiger partial charge in [0.1, 0.15) is 11.4 Å². The first kappa shape index (κ1) is 28.8. The lowest BCUT2D eigenvalue weighted by Gasteiger charge is -2.54. The van der Waals surface area contributed by atoms with Crippen LogP contribution in [0.1, 0.15) is 39.7 Å². The van der Waals surface area contributed by atoms with Crippen LogP contribution in [-0.2, 0) is 25.5 Å². The van der Waals surface area contributed by atoms with Gasteiger partial charge in [-0.1, -0.05) is 38.1 Å². The molecule has 212 valence electrons. The molecule has 0 radical (unpaired) electrons. The van der Waals surface area contributed by atoms with Gasteiger partial charge < -0.3 is 34.8 Å². The Balaban J connectivity index is 1.81. The molecule has 1 spiro atoms. The molecule has 4 N–H and O–H groups in total. The van der Waals surface area contributed by atoms with Crippen molar-refractivity contribution in [2.24, 2.45) is 23.7 Å². The van der Waals surface area contributed by atoms with Gasteiger partial charge in [0.15, 0.2) is 5.78 Å². The highest BCUT2D eigenvalue weighted by Crippen LogP contribution is 2.54. The number of aliphatic hydroxyl groups excluding tert-OH is 1. The summed E-state index contributed by atoms with van der Waals surface area (Å²) in [7, 11) is 1.57. The molecule has 10 heteroatoms. The molecule has 39 heavy (non-hydrogen) atoms. The summed E-state index contributed by atoms with van der Waals surface area (Å²) in [5, 5.41) is 36.4. The first-order chi connectivity index (χ1) is 18.3. The van der Waals surface area contributed by atoms with Gasteiger partial charge in [0.05, 0.1) is 31.0 Å². The van der Waals surface area contributed by atoms with E-state index in [4.69, 9.17) is 14.2 Å². The molecule has 9 atom stereocenters. The highest BCUT2D eigenvalue weighted by molar-refractivity contribution is 5.92. The molecule has 1 aliphatic carbocycles. The van der Waals surface area contributed by atoms with E-state index in [0.29, 0.717) is 12.2 Å². The monoisotopic (exact) mass is 543 g/mol. The number of hydrogen-bond acceptors (Lipinski definition) is 9. The third-order valence-electron chi connectivity index (χ3n) is 8.70. The number of ether oxygens (including phenoxy) is 3. The lowest BCUT2D eigenvalue weighted by atomic mass is 9.55. The Morgan fingerprint density at radius 2 is 1.77 bits per heavy atom. The first-order valence-corrected chi connectivity index (χ1v) is 13.1. The van der Waals surface area contributed by atoms with E-state index in [9.17, 15) is 29.7 Å². The number of Topliss-reactive ketones (excluding diaryl/α,β-unsaturated/α-hetero) is 1. The number of methoxy groups -OCH3 is 1. The van der Waals surface area contributed by atoms with Crippen molar-refractivity contribution < 1.29 is 43.9 Å². The second-order valence-electron chi connectivity index (χ2n) is 11.3. The van der Waals surface area contributed by atoms with Crippen molar-refractivity contribution >= 4 is 17.8 Å². The van der Waals surface area contributed by atoms with E-state index in [1.807, 2.05) is 12.1 Å². The second kappa shape index (κ2) is 10.4. The van der Waals surface area contributed by atoms with Crippen LogP contribution in [0, 0.1) is 23.7 Å². The summed E-state index contributed by atoms with van der Waals surface area (Å²) in [4.78, 5) is 39.5. The fourth-order valence-corrected chi connectivity index (χ4v) is 6.27. The summed E-state index contributed by atoms with van der Waals surface area (Å²) >= 11 is 0. The normalized spacial score (nSPS) is 42.3. The van der Waals surface area contributed by atoms with Crippen LogP contribution < -0.4 is 10.1 Å². The first-order valence-electron chi connectivity index (χ1n) is 13.1. The minimum atomic E-state index is -1.91. The van der Waals surface area contributed by atoms with Gasteiger partial charge in [0, 0.05) is 17.9 Å². The molecule has 0 aromatic heterocycles. The van der Waals surface area contributed by atoms with Gasteiger partial charge in [0.25, 0.3) is 5.91 Å². The molecular weight excluding hydrogens is 506 g/mol. The predicted molar refractivity (Wildman–Crippen MR) is 139 cm³/mol. The number of aliphatic hydroxyl groups is 3. The molecule has 1 aromatic carbocycles. The Labute approximate surface area is 227 Å².